The molecule has 0 aromatic rings. The van der Waals surface area contributed by atoms with Gasteiger partial charge in [-0.15, -0.1) is 0 Å². The maximum absolute atomic E-state index is 12.0. The molecule has 116 valence electrons. The molecule has 0 aliphatic carbocycles. The number of aliphatic hydroxyl groups excluding tert-OH is 1. The Hall–Kier alpha value is -1.10. The highest BCUT2D eigenvalue weighted by Crippen LogP contribution is 2.17. The molecule has 0 saturated carbocycles. The van der Waals surface area contributed by atoms with Gasteiger partial charge in [-0.05, 0) is 18.8 Å². The molecule has 5 nitrogen and oxygen atoms in total. The van der Waals surface area contributed by atoms with Gasteiger partial charge < -0.3 is 15.3 Å². The minimum Gasteiger partial charge on any atom is -0.393 e. The molecule has 0 aromatic carbocycles. The van der Waals surface area contributed by atoms with Crippen LogP contribution in [0.25, 0.3) is 0 Å². The third-order valence-electron chi connectivity index (χ3n) is 3.75. The molecule has 0 bridgehead atoms. The second-order valence-corrected chi connectivity index (χ2v) is 6.78. The largest absolute Gasteiger partial charge is 0.393 e. The van der Waals surface area contributed by atoms with Crippen LogP contribution in [-0.4, -0.2) is 47.6 Å². The van der Waals surface area contributed by atoms with Gasteiger partial charge in [0.25, 0.3) is 0 Å². The van der Waals surface area contributed by atoms with Crippen molar-refractivity contribution in [2.45, 2.75) is 53.1 Å². The number of hydrogen-bond donors (Lipinski definition) is 2. The summed E-state index contributed by atoms with van der Waals surface area (Å²) in [4.78, 5) is 25.5. The smallest absolute Gasteiger partial charge is 0.225 e. The topological polar surface area (TPSA) is 69.6 Å². The van der Waals surface area contributed by atoms with E-state index >= 15 is 0 Å². The molecule has 1 fully saturated rings. The minimum absolute atomic E-state index is 0.0136. The average molecular weight is 284 g/mol. The summed E-state index contributed by atoms with van der Waals surface area (Å²) in [5, 5.41) is 12.5. The molecule has 0 radical (unpaired) electrons. The molecular weight excluding hydrogens is 256 g/mol. The molecule has 1 saturated heterocycles. The number of nitrogens with zero attached hydrogens (tertiary/aromatic N) is 1. The van der Waals surface area contributed by atoms with Gasteiger partial charge in [-0.2, -0.15) is 0 Å². The summed E-state index contributed by atoms with van der Waals surface area (Å²) < 4.78 is 0. The monoisotopic (exact) mass is 284 g/mol. The van der Waals surface area contributed by atoms with Crippen LogP contribution in [-0.2, 0) is 9.59 Å². The van der Waals surface area contributed by atoms with Gasteiger partial charge in [0.15, 0.2) is 0 Å². The highest BCUT2D eigenvalue weighted by molar-refractivity contribution is 5.81. The van der Waals surface area contributed by atoms with Gasteiger partial charge in [-0.3, -0.25) is 9.59 Å². The van der Waals surface area contributed by atoms with E-state index in [0.717, 1.165) is 0 Å². The van der Waals surface area contributed by atoms with E-state index in [0.29, 0.717) is 38.9 Å². The Kier molecular flexibility index (Phi) is 5.99. The van der Waals surface area contributed by atoms with E-state index in [1.807, 2.05) is 32.6 Å². The van der Waals surface area contributed by atoms with Crippen LogP contribution in [0, 0.1) is 11.3 Å². The number of piperidine rings is 1. The van der Waals surface area contributed by atoms with E-state index in [2.05, 4.69) is 5.32 Å². The first kappa shape index (κ1) is 17.0. The lowest BCUT2D eigenvalue weighted by Crippen LogP contribution is -2.45. The Labute approximate surface area is 121 Å². The number of aliphatic hydroxyl groups is 1. The fourth-order valence-corrected chi connectivity index (χ4v) is 2.22. The Balaban J connectivity index is 2.22. The summed E-state index contributed by atoms with van der Waals surface area (Å²) in [6.45, 7) is 9.38. The van der Waals surface area contributed by atoms with Gasteiger partial charge in [0.05, 0.1) is 6.10 Å². The molecule has 2 N–H and O–H groups in total. The fraction of sp³-hybridized carbons (Fsp3) is 0.867. The Morgan fingerprint density at radius 3 is 2.55 bits per heavy atom. The zero-order valence-electron chi connectivity index (χ0n) is 13.1. The van der Waals surface area contributed by atoms with E-state index in [9.17, 15) is 14.7 Å². The van der Waals surface area contributed by atoms with E-state index in [1.54, 1.807) is 0 Å². The first-order chi connectivity index (χ1) is 9.21. The number of nitrogens with one attached hydrogen (secondary N) is 1. The van der Waals surface area contributed by atoms with Crippen LogP contribution in [0.1, 0.15) is 47.0 Å². The van der Waals surface area contributed by atoms with Crippen LogP contribution in [0.2, 0.25) is 0 Å². The van der Waals surface area contributed by atoms with E-state index in [1.165, 1.54) is 0 Å². The van der Waals surface area contributed by atoms with Gasteiger partial charge in [0.1, 0.15) is 0 Å². The van der Waals surface area contributed by atoms with Crippen molar-refractivity contribution in [2.24, 2.45) is 11.3 Å². The van der Waals surface area contributed by atoms with Crippen LogP contribution in [0.4, 0.5) is 0 Å². The van der Waals surface area contributed by atoms with Gasteiger partial charge in [-0.25, -0.2) is 0 Å². The lowest BCUT2D eigenvalue weighted by atomic mass is 9.95. The maximum Gasteiger partial charge on any atom is 0.225 e. The molecule has 0 aromatic heterocycles. The number of hydrogen-bond acceptors (Lipinski definition) is 3. The predicted octanol–water partition coefficient (Wildman–Crippen LogP) is 1.16. The third-order valence-corrected chi connectivity index (χ3v) is 3.75. The molecule has 1 aliphatic rings. The molecule has 1 rings (SSSR count). The zero-order valence-corrected chi connectivity index (χ0v) is 13.1. The fourth-order valence-electron chi connectivity index (χ4n) is 2.22. The second-order valence-electron chi connectivity index (χ2n) is 6.78. The summed E-state index contributed by atoms with van der Waals surface area (Å²) in [5.41, 5.74) is -0.386. The van der Waals surface area contributed by atoms with Gasteiger partial charge in [0, 0.05) is 31.5 Å². The summed E-state index contributed by atoms with van der Waals surface area (Å²) in [6.07, 6.45) is 1.49. The number of likely N-dealkylation sites (tertiary alicyclic amines) is 1. The first-order valence-corrected chi connectivity index (χ1v) is 7.46. The highest BCUT2D eigenvalue weighted by Gasteiger charge is 2.26. The van der Waals surface area contributed by atoms with Crippen molar-refractivity contribution >= 4 is 11.8 Å². The normalized spacial score (nSPS) is 23.6. The minimum atomic E-state index is -0.386. The molecule has 1 heterocycles. The Morgan fingerprint density at radius 2 is 2.00 bits per heavy atom. The van der Waals surface area contributed by atoms with Crippen molar-refractivity contribution < 1.29 is 14.7 Å². The van der Waals surface area contributed by atoms with Gasteiger partial charge >= 0.3 is 0 Å². The molecule has 1 aliphatic heterocycles. The molecule has 20 heavy (non-hydrogen) atoms. The molecule has 2 amide bonds. The molecule has 0 spiro atoms. The standard InChI is InChI=1S/C15H28N2O3/c1-11-10-17(9-7-12(11)18)13(19)6-5-8-16-14(20)15(2,3)4/h11-12,18H,5-10H2,1-4H3,(H,16,20). The lowest BCUT2D eigenvalue weighted by molar-refractivity contribution is -0.135. The number of rotatable bonds is 4. The summed E-state index contributed by atoms with van der Waals surface area (Å²) in [7, 11) is 0. The quantitative estimate of drug-likeness (QED) is 0.761. The average Bonchev–Trinajstić information content (AvgIpc) is 2.36. The lowest BCUT2D eigenvalue weighted by Gasteiger charge is -2.34. The maximum atomic E-state index is 12.0. The molecule has 2 atom stereocenters. The van der Waals surface area contributed by atoms with Crippen molar-refractivity contribution in [3.63, 3.8) is 0 Å². The van der Waals surface area contributed by atoms with Gasteiger partial charge in [0.2, 0.25) is 11.8 Å². The van der Waals surface area contributed by atoms with E-state index in [4.69, 9.17) is 0 Å². The van der Waals surface area contributed by atoms with E-state index in [-0.39, 0.29) is 29.3 Å². The zero-order chi connectivity index (χ0) is 15.3. The number of amides is 2. The van der Waals surface area contributed by atoms with Crippen molar-refractivity contribution in [1.29, 1.82) is 0 Å². The van der Waals surface area contributed by atoms with Crippen LogP contribution in [0.15, 0.2) is 0 Å². The SMILES string of the molecule is CC1CN(C(=O)CCCNC(=O)C(C)(C)C)CCC1O. The third kappa shape index (κ3) is 5.12. The Morgan fingerprint density at radius 1 is 1.35 bits per heavy atom. The summed E-state index contributed by atoms with van der Waals surface area (Å²) in [6, 6.07) is 0. The van der Waals surface area contributed by atoms with Crippen molar-refractivity contribution in [3.05, 3.63) is 0 Å². The molecule has 5 heteroatoms. The molecule has 2 unspecified atom stereocenters. The van der Waals surface area contributed by atoms with Crippen molar-refractivity contribution in [3.8, 4) is 0 Å². The van der Waals surface area contributed by atoms with Crippen LogP contribution < -0.4 is 5.32 Å². The van der Waals surface area contributed by atoms with Crippen LogP contribution in [0.3, 0.4) is 0 Å². The summed E-state index contributed by atoms with van der Waals surface area (Å²) >= 11 is 0. The highest BCUT2D eigenvalue weighted by atomic mass is 16.3. The number of carbonyl (C=O) groups is 2. The second kappa shape index (κ2) is 7.07. The van der Waals surface area contributed by atoms with Crippen molar-refractivity contribution in [2.75, 3.05) is 19.6 Å². The number of carbonyl (C=O) groups excluding carboxylic acids is 2. The summed E-state index contributed by atoms with van der Waals surface area (Å²) in [5.74, 6) is 0.279. The predicted molar refractivity (Wildman–Crippen MR) is 78.1 cm³/mol. The Bertz CT molecular complexity index is 350. The van der Waals surface area contributed by atoms with Crippen molar-refractivity contribution in [1.82, 2.24) is 10.2 Å². The van der Waals surface area contributed by atoms with E-state index < -0.39 is 0 Å². The molecular formula is C15H28N2O3. The van der Waals surface area contributed by atoms with Crippen LogP contribution in [0.5, 0.6) is 0 Å². The van der Waals surface area contributed by atoms with Crippen LogP contribution >= 0.6 is 0 Å². The van der Waals surface area contributed by atoms with Gasteiger partial charge in [-0.1, -0.05) is 27.7 Å². The first-order valence-electron chi connectivity index (χ1n) is 7.46.